The lowest BCUT2D eigenvalue weighted by atomic mass is 9.99. The smallest absolute Gasteiger partial charge is 0.274 e. The molecule has 0 amide bonds. The number of nitrogens with zero attached hydrogens (tertiary/aromatic N) is 3. The Balaban J connectivity index is 1.86. The average molecular weight is 274 g/mol. The fourth-order valence-corrected chi connectivity index (χ4v) is 3.29. The molecule has 0 aromatic carbocycles. The maximum Gasteiger partial charge on any atom is 0.274 e. The van der Waals surface area contributed by atoms with E-state index in [1.54, 1.807) is 6.20 Å². The molecule has 1 aromatic heterocycles. The van der Waals surface area contributed by atoms with Crippen molar-refractivity contribution < 1.29 is 4.92 Å². The van der Waals surface area contributed by atoms with Crippen LogP contribution in [0.25, 0.3) is 0 Å². The van der Waals surface area contributed by atoms with Crippen molar-refractivity contribution in [1.82, 2.24) is 15.2 Å². The van der Waals surface area contributed by atoms with Gasteiger partial charge in [-0.15, -0.1) is 0 Å². The number of nitrogens with one attached hydrogen (secondary N) is 1. The van der Waals surface area contributed by atoms with Gasteiger partial charge in [-0.1, -0.05) is 12.5 Å². The lowest BCUT2D eigenvalue weighted by molar-refractivity contribution is -0.405. The van der Waals surface area contributed by atoms with Crippen molar-refractivity contribution in [3.8, 4) is 0 Å². The fourth-order valence-electron chi connectivity index (χ4n) is 3.29. The molecule has 1 aromatic rings. The van der Waals surface area contributed by atoms with Gasteiger partial charge in [-0.3, -0.25) is 15.1 Å². The fraction of sp³-hybridized carbons (Fsp3) is 0.500. The Labute approximate surface area is 117 Å². The molecule has 6 heteroatoms. The molecular weight excluding hydrogens is 256 g/mol. The molecule has 2 unspecified atom stereocenters. The molecule has 2 fully saturated rings. The molecule has 1 N–H and O–H groups in total. The van der Waals surface area contributed by atoms with Crippen molar-refractivity contribution in [3.63, 3.8) is 0 Å². The van der Waals surface area contributed by atoms with Crippen LogP contribution in [0.15, 0.2) is 36.5 Å². The molecule has 3 rings (SSSR count). The predicted molar refractivity (Wildman–Crippen MR) is 74.0 cm³/mol. The van der Waals surface area contributed by atoms with Crippen molar-refractivity contribution in [3.05, 3.63) is 52.2 Å². The summed E-state index contributed by atoms with van der Waals surface area (Å²) in [5.41, 5.74) is 1.08. The molecule has 6 nitrogen and oxygen atoms in total. The van der Waals surface area contributed by atoms with Gasteiger partial charge in [0, 0.05) is 31.5 Å². The van der Waals surface area contributed by atoms with E-state index in [0.717, 1.165) is 24.7 Å². The summed E-state index contributed by atoms with van der Waals surface area (Å²) >= 11 is 0. The second kappa shape index (κ2) is 5.48. The van der Waals surface area contributed by atoms with Crippen molar-refractivity contribution >= 4 is 0 Å². The standard InChI is InChI=1S/C14H18N4O2/c19-18(20)10-14-16-8-12-4-1-5-13(12)17(14)9-11-3-2-6-15-7-11/h2-3,6-7,10,12-13,16H,1,4-5,8-9H2/b14-10+. The zero-order chi connectivity index (χ0) is 13.9. The third kappa shape index (κ3) is 2.59. The quantitative estimate of drug-likeness (QED) is 0.671. The van der Waals surface area contributed by atoms with E-state index in [4.69, 9.17) is 0 Å². The summed E-state index contributed by atoms with van der Waals surface area (Å²) in [5.74, 6) is 1.22. The maximum absolute atomic E-state index is 10.8. The van der Waals surface area contributed by atoms with Crippen molar-refractivity contribution in [2.45, 2.75) is 31.8 Å². The Morgan fingerprint density at radius 2 is 2.45 bits per heavy atom. The summed E-state index contributed by atoms with van der Waals surface area (Å²) in [5, 5.41) is 14.0. The monoisotopic (exact) mass is 274 g/mol. The maximum atomic E-state index is 10.8. The van der Waals surface area contributed by atoms with E-state index >= 15 is 0 Å². The average Bonchev–Trinajstić information content (AvgIpc) is 2.91. The minimum atomic E-state index is -0.381. The first-order valence-corrected chi connectivity index (χ1v) is 6.99. The molecule has 2 heterocycles. The molecule has 20 heavy (non-hydrogen) atoms. The minimum absolute atomic E-state index is 0.381. The Morgan fingerprint density at radius 1 is 1.55 bits per heavy atom. The first-order valence-electron chi connectivity index (χ1n) is 6.99. The van der Waals surface area contributed by atoms with Gasteiger partial charge in [0.2, 0.25) is 0 Å². The van der Waals surface area contributed by atoms with Gasteiger partial charge in [-0.2, -0.15) is 0 Å². The van der Waals surface area contributed by atoms with Crippen LogP contribution in [0.2, 0.25) is 0 Å². The predicted octanol–water partition coefficient (Wildman–Crippen LogP) is 1.73. The Bertz CT molecular complexity index is 517. The molecule has 1 aliphatic heterocycles. The van der Waals surface area contributed by atoms with E-state index in [1.165, 1.54) is 12.8 Å². The van der Waals surface area contributed by atoms with Gasteiger partial charge in [0.15, 0.2) is 5.82 Å². The number of rotatable bonds is 3. The summed E-state index contributed by atoms with van der Waals surface area (Å²) in [4.78, 5) is 16.7. The van der Waals surface area contributed by atoms with Crippen molar-refractivity contribution in [2.75, 3.05) is 6.54 Å². The van der Waals surface area contributed by atoms with Gasteiger partial charge >= 0.3 is 0 Å². The number of aromatic nitrogens is 1. The number of nitro groups is 1. The Hall–Kier alpha value is -2.11. The molecule has 0 bridgehead atoms. The van der Waals surface area contributed by atoms with Gasteiger partial charge in [0.05, 0.1) is 4.92 Å². The molecular formula is C14H18N4O2. The van der Waals surface area contributed by atoms with Gasteiger partial charge in [0.25, 0.3) is 6.20 Å². The van der Waals surface area contributed by atoms with Crippen molar-refractivity contribution in [2.24, 2.45) is 5.92 Å². The second-order valence-corrected chi connectivity index (χ2v) is 5.43. The zero-order valence-electron chi connectivity index (χ0n) is 11.2. The van der Waals surface area contributed by atoms with E-state index in [-0.39, 0.29) is 4.92 Å². The number of pyridine rings is 1. The third-order valence-electron chi connectivity index (χ3n) is 4.18. The van der Waals surface area contributed by atoms with Crippen LogP contribution in [0, 0.1) is 16.0 Å². The van der Waals surface area contributed by atoms with E-state index < -0.39 is 0 Å². The van der Waals surface area contributed by atoms with Crippen LogP contribution in [-0.4, -0.2) is 27.4 Å². The van der Waals surface area contributed by atoms with Crippen LogP contribution in [0.5, 0.6) is 0 Å². The highest BCUT2D eigenvalue weighted by Crippen LogP contribution is 2.35. The summed E-state index contributed by atoms with van der Waals surface area (Å²) in [6.45, 7) is 1.51. The first-order chi connectivity index (χ1) is 9.74. The lowest BCUT2D eigenvalue weighted by Gasteiger charge is -2.40. The van der Waals surface area contributed by atoms with Crippen molar-refractivity contribution in [1.29, 1.82) is 0 Å². The first kappa shape index (κ1) is 12.9. The van der Waals surface area contributed by atoms with Crippen LogP contribution in [0.1, 0.15) is 24.8 Å². The van der Waals surface area contributed by atoms with E-state index in [9.17, 15) is 10.1 Å². The lowest BCUT2D eigenvalue weighted by Crippen LogP contribution is -2.49. The normalized spacial score (nSPS) is 27.2. The molecule has 2 aliphatic rings. The number of fused-ring (bicyclic) bond motifs is 1. The van der Waals surface area contributed by atoms with Crippen LogP contribution in [-0.2, 0) is 6.54 Å². The molecule has 106 valence electrons. The largest absolute Gasteiger partial charge is 0.366 e. The van der Waals surface area contributed by atoms with Gasteiger partial charge < -0.3 is 10.2 Å². The van der Waals surface area contributed by atoms with E-state index in [0.29, 0.717) is 24.3 Å². The zero-order valence-corrected chi connectivity index (χ0v) is 11.2. The summed E-state index contributed by atoms with van der Waals surface area (Å²) in [6, 6.07) is 4.31. The Kier molecular flexibility index (Phi) is 3.54. The van der Waals surface area contributed by atoms with Gasteiger partial charge in [-0.25, -0.2) is 0 Å². The second-order valence-electron chi connectivity index (χ2n) is 5.43. The minimum Gasteiger partial charge on any atom is -0.366 e. The topological polar surface area (TPSA) is 71.3 Å². The van der Waals surface area contributed by atoms with E-state index in [1.807, 2.05) is 18.3 Å². The highest BCUT2D eigenvalue weighted by molar-refractivity contribution is 5.13. The molecule has 1 saturated carbocycles. The molecule has 0 spiro atoms. The summed E-state index contributed by atoms with van der Waals surface area (Å²) < 4.78 is 0. The van der Waals surface area contributed by atoms with Crippen LogP contribution in [0.3, 0.4) is 0 Å². The third-order valence-corrected chi connectivity index (χ3v) is 4.18. The van der Waals surface area contributed by atoms with Crippen LogP contribution >= 0.6 is 0 Å². The molecule has 1 aliphatic carbocycles. The molecule has 0 radical (unpaired) electrons. The Morgan fingerprint density at radius 3 is 3.20 bits per heavy atom. The summed E-state index contributed by atoms with van der Waals surface area (Å²) in [7, 11) is 0. The highest BCUT2D eigenvalue weighted by Gasteiger charge is 2.37. The van der Waals surface area contributed by atoms with Gasteiger partial charge in [-0.05, 0) is 30.4 Å². The number of hydrogen-bond donors (Lipinski definition) is 1. The number of hydrogen-bond acceptors (Lipinski definition) is 5. The SMILES string of the molecule is O=[N+]([O-])/C=C1\NCC2CCCC2N1Cc1cccnc1. The highest BCUT2D eigenvalue weighted by atomic mass is 16.6. The summed E-state index contributed by atoms with van der Waals surface area (Å²) in [6.07, 6.45) is 8.16. The molecule has 1 saturated heterocycles. The van der Waals surface area contributed by atoms with E-state index in [2.05, 4.69) is 15.2 Å². The van der Waals surface area contributed by atoms with Crippen LogP contribution < -0.4 is 5.32 Å². The van der Waals surface area contributed by atoms with Gasteiger partial charge in [0.1, 0.15) is 0 Å². The molecule has 2 atom stereocenters. The van der Waals surface area contributed by atoms with Crippen LogP contribution in [0.4, 0.5) is 0 Å².